The number of hydrogen-bond acceptors (Lipinski definition) is 11. The highest BCUT2D eigenvalue weighted by atomic mass is 19.1. The second kappa shape index (κ2) is 25.0. The number of nitrogens with zero attached hydrogens (tertiary/aromatic N) is 3. The van der Waals surface area contributed by atoms with Gasteiger partial charge < -0.3 is 52.0 Å². The van der Waals surface area contributed by atoms with Crippen LogP contribution in [0.4, 0.5) is 8.78 Å². The number of primary amides is 1. The number of amides is 9. The molecule has 1 aliphatic heterocycles. The van der Waals surface area contributed by atoms with Gasteiger partial charge in [-0.25, -0.2) is 8.78 Å². The number of benzene rings is 2. The number of hydrogen-bond donors (Lipinski definition) is 8. The zero-order valence-electron chi connectivity index (χ0n) is 39.0. The fraction of sp³-hybridized carbons (Fsp3) is 0.404. The van der Waals surface area contributed by atoms with Gasteiger partial charge in [0.2, 0.25) is 41.4 Å². The Labute approximate surface area is 401 Å². The zero-order chi connectivity index (χ0) is 51.9. The van der Waals surface area contributed by atoms with Crippen LogP contribution in [0.15, 0.2) is 72.9 Å². The van der Waals surface area contributed by atoms with Gasteiger partial charge in [0, 0.05) is 74.7 Å². The fourth-order valence-corrected chi connectivity index (χ4v) is 7.69. The highest BCUT2D eigenvalue weighted by Crippen LogP contribution is 2.41. The molecular weight excluding hydrogens is 921 g/mol. The van der Waals surface area contributed by atoms with Gasteiger partial charge in [-0.2, -0.15) is 0 Å². The number of nitrogens with one attached hydrogen (secondary N) is 5. The van der Waals surface area contributed by atoms with E-state index in [1.54, 1.807) is 37.6 Å². The number of aliphatic hydroxyl groups excluding tert-OH is 1. The average molecular weight is 978 g/mol. The highest BCUT2D eigenvalue weighted by Gasteiger charge is 2.38. The number of aliphatic hydroxyl groups is 1. The van der Waals surface area contributed by atoms with Gasteiger partial charge in [-0.15, -0.1) is 0 Å². The maximum Gasteiger partial charge on any atom is 0.303 e. The van der Waals surface area contributed by atoms with E-state index in [-0.39, 0.29) is 43.7 Å². The summed E-state index contributed by atoms with van der Waals surface area (Å²) in [5.41, 5.74) is 5.91. The van der Waals surface area contributed by atoms with Crippen LogP contribution in [0.25, 0.3) is 11.1 Å². The van der Waals surface area contributed by atoms with Crippen LogP contribution >= 0.6 is 0 Å². The van der Waals surface area contributed by atoms with Crippen molar-refractivity contribution in [1.29, 1.82) is 0 Å². The first-order valence-electron chi connectivity index (χ1n) is 22.0. The van der Waals surface area contributed by atoms with Crippen molar-refractivity contribution in [2.75, 3.05) is 32.8 Å². The number of aromatic nitrogens is 1. The van der Waals surface area contributed by atoms with E-state index < -0.39 is 133 Å². The van der Waals surface area contributed by atoms with Gasteiger partial charge in [0.25, 0.3) is 11.8 Å². The van der Waals surface area contributed by atoms with E-state index >= 15 is 4.39 Å². The molecule has 3 aromatic rings. The summed E-state index contributed by atoms with van der Waals surface area (Å²) >= 11 is 0. The van der Waals surface area contributed by atoms with E-state index in [9.17, 15) is 62.5 Å². The van der Waals surface area contributed by atoms with Gasteiger partial charge in [0.15, 0.2) is 0 Å². The SMILES string of the molecule is CC(=O)N[C@@H](CC(N)=O)C(=O)N[C@@H](CCN(C(=O)CO)[C@@H](c1cc(-c2cc(F)ccc2F)cn1Cc1ccccc1)C(C)(C)C)C(=O)NCCNC(=O)[C@@H](CCC(=O)O)NC(=O)CN1C(=O)C=CC1=O. The van der Waals surface area contributed by atoms with Crippen molar-refractivity contribution in [3.63, 3.8) is 0 Å². The molecule has 70 heavy (non-hydrogen) atoms. The van der Waals surface area contributed by atoms with Crippen LogP contribution in [-0.4, -0.2) is 135 Å². The summed E-state index contributed by atoms with van der Waals surface area (Å²) < 4.78 is 31.6. The first-order chi connectivity index (χ1) is 33.0. The third kappa shape index (κ3) is 15.9. The molecule has 21 nitrogen and oxygen atoms in total. The second-order valence-electron chi connectivity index (χ2n) is 17.4. The Kier molecular flexibility index (Phi) is 19.5. The summed E-state index contributed by atoms with van der Waals surface area (Å²) in [5.74, 6) is -10.5. The van der Waals surface area contributed by atoms with Crippen molar-refractivity contribution in [2.45, 2.75) is 84.1 Å². The number of imide groups is 1. The number of carbonyl (C=O) groups excluding carboxylic acids is 9. The van der Waals surface area contributed by atoms with Crippen molar-refractivity contribution < 1.29 is 66.9 Å². The number of carboxylic acids is 1. The number of carbonyl (C=O) groups is 10. The molecule has 23 heteroatoms. The van der Waals surface area contributed by atoms with Crippen molar-refractivity contribution in [3.8, 4) is 11.1 Å². The van der Waals surface area contributed by atoms with Crippen molar-refractivity contribution in [1.82, 2.24) is 41.0 Å². The van der Waals surface area contributed by atoms with Crippen LogP contribution < -0.4 is 32.3 Å². The second-order valence-corrected chi connectivity index (χ2v) is 17.4. The maximum absolute atomic E-state index is 15.3. The smallest absolute Gasteiger partial charge is 0.303 e. The molecule has 0 radical (unpaired) electrons. The molecule has 9 amide bonds. The quantitative estimate of drug-likeness (QED) is 0.0416. The first kappa shape index (κ1) is 54.8. The van der Waals surface area contributed by atoms with Crippen molar-refractivity contribution in [3.05, 3.63) is 95.8 Å². The van der Waals surface area contributed by atoms with Crippen LogP contribution in [-0.2, 0) is 54.5 Å². The van der Waals surface area contributed by atoms with E-state index in [0.29, 0.717) is 10.6 Å². The Morgan fingerprint density at radius 1 is 0.800 bits per heavy atom. The molecule has 0 bridgehead atoms. The largest absolute Gasteiger partial charge is 0.481 e. The molecule has 0 saturated carbocycles. The Morgan fingerprint density at radius 3 is 1.97 bits per heavy atom. The van der Waals surface area contributed by atoms with E-state index in [0.717, 1.165) is 42.8 Å². The Balaban J connectivity index is 1.63. The summed E-state index contributed by atoms with van der Waals surface area (Å²) in [6.45, 7) is 3.88. The Bertz CT molecular complexity index is 2460. The summed E-state index contributed by atoms with van der Waals surface area (Å²) in [6.07, 6.45) is 1.51. The summed E-state index contributed by atoms with van der Waals surface area (Å²) in [7, 11) is 0. The molecule has 4 rings (SSSR count). The van der Waals surface area contributed by atoms with Crippen LogP contribution in [0.3, 0.4) is 0 Å². The molecule has 0 fully saturated rings. The molecule has 0 aliphatic carbocycles. The molecule has 1 aromatic heterocycles. The van der Waals surface area contributed by atoms with Crippen LogP contribution in [0.2, 0.25) is 0 Å². The lowest BCUT2D eigenvalue weighted by Crippen LogP contribution is -2.56. The maximum atomic E-state index is 15.3. The molecular formula is C47H57F2N9O12. The fourth-order valence-electron chi connectivity index (χ4n) is 7.69. The average Bonchev–Trinajstić information content (AvgIpc) is 3.84. The summed E-state index contributed by atoms with van der Waals surface area (Å²) in [5, 5.41) is 31.7. The van der Waals surface area contributed by atoms with E-state index in [2.05, 4.69) is 26.6 Å². The molecule has 0 spiro atoms. The normalized spacial score (nSPS) is 14.0. The third-order valence-electron chi connectivity index (χ3n) is 10.8. The lowest BCUT2D eigenvalue weighted by atomic mass is 9.82. The van der Waals surface area contributed by atoms with Crippen LogP contribution in [0.5, 0.6) is 0 Å². The summed E-state index contributed by atoms with van der Waals surface area (Å²) in [4.78, 5) is 128. The molecule has 2 heterocycles. The Hall–Kier alpha value is -7.82. The molecule has 4 atom stereocenters. The predicted octanol–water partition coefficient (Wildman–Crippen LogP) is 0.152. The van der Waals surface area contributed by atoms with Gasteiger partial charge in [-0.05, 0) is 48.1 Å². The zero-order valence-corrected chi connectivity index (χ0v) is 39.0. The monoisotopic (exact) mass is 977 g/mol. The lowest BCUT2D eigenvalue weighted by Gasteiger charge is -2.41. The molecule has 9 N–H and O–H groups in total. The topological polar surface area (TPSA) is 309 Å². The minimum atomic E-state index is -1.55. The number of rotatable bonds is 25. The minimum Gasteiger partial charge on any atom is -0.481 e. The molecule has 2 aromatic carbocycles. The van der Waals surface area contributed by atoms with Gasteiger partial charge in [0.1, 0.15) is 42.9 Å². The van der Waals surface area contributed by atoms with Crippen LogP contribution in [0, 0.1) is 17.0 Å². The van der Waals surface area contributed by atoms with E-state index in [1.807, 2.05) is 30.3 Å². The molecule has 376 valence electrons. The van der Waals surface area contributed by atoms with E-state index in [4.69, 9.17) is 5.73 Å². The standard InChI is InChI=1S/C47H57F2N9O12/c1-27(60)53-35(22-37(50)61)46(70)55-34(45(69)52-18-17-51-44(68)33(12-15-42(66)67)54-38(62)25-58-39(63)13-14-40(58)64)16-19-57(41(65)26-59)43(47(2,3)4)36-20-29(31-21-30(48)10-11-32(31)49)24-56(36)23-28-8-6-5-7-9-28/h5-11,13-14,20-21,24,33-35,43,59H,12,15-19,22-23,25-26H2,1-4H3,(H2,50,61)(H,51,68)(H,52,69)(H,53,60)(H,54,62)(H,55,70)(H,66,67)/t33-,34+,35+,43+/m1/s1. The molecule has 0 saturated heterocycles. The van der Waals surface area contributed by atoms with E-state index in [1.165, 1.54) is 4.90 Å². The number of carboxylic acid groups (broad SMARTS) is 1. The van der Waals surface area contributed by atoms with Gasteiger partial charge in [-0.1, -0.05) is 51.1 Å². The summed E-state index contributed by atoms with van der Waals surface area (Å²) in [6, 6.07) is 8.22. The molecule has 0 unspecified atom stereocenters. The van der Waals surface area contributed by atoms with Crippen LogP contribution in [0.1, 0.15) is 70.7 Å². The minimum absolute atomic E-state index is 0.0627. The molecule has 1 aliphatic rings. The van der Waals surface area contributed by atoms with Crippen molar-refractivity contribution >= 4 is 59.1 Å². The first-order valence-corrected chi connectivity index (χ1v) is 22.0. The number of aliphatic carboxylic acids is 1. The number of nitrogens with two attached hydrogens (primary N) is 1. The van der Waals surface area contributed by atoms with Crippen molar-refractivity contribution in [2.24, 2.45) is 11.1 Å². The predicted molar refractivity (Wildman–Crippen MR) is 245 cm³/mol. The Morgan fingerprint density at radius 2 is 1.41 bits per heavy atom. The highest BCUT2D eigenvalue weighted by molar-refractivity contribution is 6.14. The lowest BCUT2D eigenvalue weighted by molar-refractivity contribution is -0.141. The number of halogens is 2. The van der Waals surface area contributed by atoms with Gasteiger partial charge in [-0.3, -0.25) is 52.8 Å². The third-order valence-corrected chi connectivity index (χ3v) is 10.8. The van der Waals surface area contributed by atoms with Gasteiger partial charge in [0.05, 0.1) is 12.5 Å². The van der Waals surface area contributed by atoms with Gasteiger partial charge >= 0.3 is 5.97 Å².